The number of hydrogen-bond donors (Lipinski definition) is 2. The van der Waals surface area contributed by atoms with Gasteiger partial charge in [0.15, 0.2) is 5.96 Å². The second kappa shape index (κ2) is 11.0. The lowest BCUT2D eigenvalue weighted by molar-refractivity contribution is -0.129. The molecule has 0 spiro atoms. The number of rotatable bonds is 8. The number of aromatic nitrogens is 1. The number of aryl methyl sites for hydroxylation is 1. The van der Waals surface area contributed by atoms with Gasteiger partial charge in [0, 0.05) is 26.1 Å². The van der Waals surface area contributed by atoms with Crippen LogP contribution in [0.5, 0.6) is 0 Å². The Labute approximate surface area is 170 Å². The normalized spacial score (nSPS) is 15.4. The number of guanidine groups is 1. The molecule has 1 saturated heterocycles. The fourth-order valence-electron chi connectivity index (χ4n) is 2.96. The van der Waals surface area contributed by atoms with E-state index in [9.17, 15) is 9.59 Å². The van der Waals surface area contributed by atoms with E-state index in [0.29, 0.717) is 42.6 Å². The van der Waals surface area contributed by atoms with Crippen molar-refractivity contribution >= 4 is 29.2 Å². The van der Waals surface area contributed by atoms with Crippen molar-refractivity contribution in [1.29, 1.82) is 0 Å². The molecule has 2 rings (SSSR count). The SMILES string of the molecule is CCNC(=NCCC(=O)N1CCCC1)NC(C)c1nc(C)c(C(=O)OCC)s1. The molecule has 28 heavy (non-hydrogen) atoms. The molecule has 1 aliphatic heterocycles. The lowest BCUT2D eigenvalue weighted by Gasteiger charge is -2.17. The third-order valence-electron chi connectivity index (χ3n) is 4.40. The zero-order valence-corrected chi connectivity index (χ0v) is 18.0. The van der Waals surface area contributed by atoms with Gasteiger partial charge in [0.2, 0.25) is 5.91 Å². The molecule has 1 aromatic heterocycles. The summed E-state index contributed by atoms with van der Waals surface area (Å²) in [7, 11) is 0. The van der Waals surface area contributed by atoms with Crippen LogP contribution in [0.15, 0.2) is 4.99 Å². The summed E-state index contributed by atoms with van der Waals surface area (Å²) in [5, 5.41) is 7.28. The zero-order valence-electron chi connectivity index (χ0n) is 17.2. The molecular formula is C19H31N5O3S. The van der Waals surface area contributed by atoms with E-state index < -0.39 is 0 Å². The third-order valence-corrected chi connectivity index (χ3v) is 5.72. The molecule has 156 valence electrons. The van der Waals surface area contributed by atoms with Gasteiger partial charge in [0.1, 0.15) is 9.88 Å². The number of nitrogens with zero attached hydrogens (tertiary/aromatic N) is 3. The predicted octanol–water partition coefficient (Wildman–Crippen LogP) is 2.26. The molecule has 1 amide bonds. The molecule has 1 atom stereocenters. The number of ether oxygens (including phenoxy) is 1. The average Bonchev–Trinajstić information content (AvgIpc) is 3.31. The number of carbonyl (C=O) groups excluding carboxylic acids is 2. The number of nitrogens with one attached hydrogen (secondary N) is 2. The Kier molecular flexibility index (Phi) is 8.69. The maximum atomic E-state index is 12.1. The topological polar surface area (TPSA) is 95.9 Å². The van der Waals surface area contributed by atoms with Crippen LogP contribution in [0.25, 0.3) is 0 Å². The second-order valence-corrected chi connectivity index (χ2v) is 7.68. The summed E-state index contributed by atoms with van der Waals surface area (Å²) < 4.78 is 5.08. The molecule has 0 aliphatic carbocycles. The molecular weight excluding hydrogens is 378 g/mol. The first kappa shape index (κ1) is 22.1. The molecule has 0 radical (unpaired) electrons. The summed E-state index contributed by atoms with van der Waals surface area (Å²) >= 11 is 1.33. The highest BCUT2D eigenvalue weighted by Crippen LogP contribution is 2.24. The molecule has 2 N–H and O–H groups in total. The average molecular weight is 410 g/mol. The van der Waals surface area contributed by atoms with E-state index in [1.54, 1.807) is 6.92 Å². The monoisotopic (exact) mass is 409 g/mol. The van der Waals surface area contributed by atoms with Crippen LogP contribution in [0.1, 0.15) is 66.4 Å². The van der Waals surface area contributed by atoms with Gasteiger partial charge in [-0.2, -0.15) is 0 Å². The van der Waals surface area contributed by atoms with Gasteiger partial charge in [0.05, 0.1) is 24.9 Å². The van der Waals surface area contributed by atoms with Crippen LogP contribution in [-0.4, -0.2) is 60.5 Å². The van der Waals surface area contributed by atoms with Crippen molar-refractivity contribution in [2.24, 2.45) is 4.99 Å². The van der Waals surface area contributed by atoms with E-state index in [1.165, 1.54) is 11.3 Å². The largest absolute Gasteiger partial charge is 0.462 e. The fourth-order valence-corrected chi connectivity index (χ4v) is 3.93. The highest BCUT2D eigenvalue weighted by atomic mass is 32.1. The highest BCUT2D eigenvalue weighted by Gasteiger charge is 2.20. The Bertz CT molecular complexity index is 698. The second-order valence-electron chi connectivity index (χ2n) is 6.65. The lowest BCUT2D eigenvalue weighted by atomic mass is 10.3. The Morgan fingerprint density at radius 3 is 2.68 bits per heavy atom. The van der Waals surface area contributed by atoms with Gasteiger partial charge < -0.3 is 20.3 Å². The summed E-state index contributed by atoms with van der Waals surface area (Å²) in [5.41, 5.74) is 0.672. The van der Waals surface area contributed by atoms with Crippen LogP contribution >= 0.6 is 11.3 Å². The van der Waals surface area contributed by atoms with Crippen LogP contribution < -0.4 is 10.6 Å². The number of esters is 1. The van der Waals surface area contributed by atoms with E-state index >= 15 is 0 Å². The first-order valence-corrected chi connectivity index (χ1v) is 10.7. The molecule has 1 aliphatic rings. The molecule has 0 bridgehead atoms. The maximum absolute atomic E-state index is 12.1. The van der Waals surface area contributed by atoms with E-state index in [0.717, 1.165) is 30.9 Å². The molecule has 2 heterocycles. The van der Waals surface area contributed by atoms with Crippen LogP contribution in [0, 0.1) is 6.92 Å². The van der Waals surface area contributed by atoms with Crippen LogP contribution in [-0.2, 0) is 9.53 Å². The Morgan fingerprint density at radius 1 is 1.32 bits per heavy atom. The molecule has 8 nitrogen and oxygen atoms in total. The number of likely N-dealkylation sites (tertiary alicyclic amines) is 1. The summed E-state index contributed by atoms with van der Waals surface area (Å²) in [6.45, 7) is 10.8. The van der Waals surface area contributed by atoms with Gasteiger partial charge in [-0.05, 0) is 40.5 Å². The number of thiazole rings is 1. The standard InChI is InChI=1S/C19H31N5O3S/c1-5-20-19(21-10-9-15(25)24-11-7-8-12-24)23-14(4)17-22-13(3)16(28-17)18(26)27-6-2/h14H,5-12H2,1-4H3,(H2,20,21,23). The molecule has 1 unspecified atom stereocenters. The van der Waals surface area contributed by atoms with Crippen molar-refractivity contribution in [1.82, 2.24) is 20.5 Å². The number of amides is 1. The summed E-state index contributed by atoms with van der Waals surface area (Å²) in [5.74, 6) is 0.464. The van der Waals surface area contributed by atoms with Gasteiger partial charge in [-0.3, -0.25) is 9.79 Å². The van der Waals surface area contributed by atoms with Gasteiger partial charge in [-0.15, -0.1) is 11.3 Å². The zero-order chi connectivity index (χ0) is 20.5. The van der Waals surface area contributed by atoms with Gasteiger partial charge in [0.25, 0.3) is 0 Å². The minimum Gasteiger partial charge on any atom is -0.462 e. The van der Waals surface area contributed by atoms with Gasteiger partial charge in [-0.25, -0.2) is 9.78 Å². The number of aliphatic imine (C=N–C) groups is 1. The maximum Gasteiger partial charge on any atom is 0.350 e. The fraction of sp³-hybridized carbons (Fsp3) is 0.684. The van der Waals surface area contributed by atoms with E-state index in [4.69, 9.17) is 4.74 Å². The van der Waals surface area contributed by atoms with Crippen molar-refractivity contribution in [3.05, 3.63) is 15.6 Å². The Balaban J connectivity index is 1.95. The summed E-state index contributed by atoms with van der Waals surface area (Å²) in [6.07, 6.45) is 2.60. The van der Waals surface area contributed by atoms with Crippen molar-refractivity contribution in [3.63, 3.8) is 0 Å². The predicted molar refractivity (Wildman–Crippen MR) is 111 cm³/mol. The first-order valence-electron chi connectivity index (χ1n) is 9.93. The van der Waals surface area contributed by atoms with Crippen molar-refractivity contribution < 1.29 is 14.3 Å². The molecule has 1 fully saturated rings. The first-order chi connectivity index (χ1) is 13.5. The van der Waals surface area contributed by atoms with E-state index in [1.807, 2.05) is 25.7 Å². The van der Waals surface area contributed by atoms with Crippen molar-refractivity contribution in [2.45, 2.75) is 53.0 Å². The lowest BCUT2D eigenvalue weighted by Crippen LogP contribution is -2.39. The van der Waals surface area contributed by atoms with E-state index in [-0.39, 0.29) is 17.9 Å². The minimum atomic E-state index is -0.336. The number of carbonyl (C=O) groups is 2. The smallest absolute Gasteiger partial charge is 0.350 e. The quantitative estimate of drug-likeness (QED) is 0.388. The summed E-state index contributed by atoms with van der Waals surface area (Å²) in [4.78, 5) is 35.6. The van der Waals surface area contributed by atoms with Crippen molar-refractivity contribution in [2.75, 3.05) is 32.8 Å². The van der Waals surface area contributed by atoms with Crippen molar-refractivity contribution in [3.8, 4) is 0 Å². The molecule has 1 aromatic rings. The van der Waals surface area contributed by atoms with Crippen LogP contribution in [0.3, 0.4) is 0 Å². The molecule has 0 saturated carbocycles. The number of hydrogen-bond acceptors (Lipinski definition) is 6. The van der Waals surface area contributed by atoms with Gasteiger partial charge in [-0.1, -0.05) is 0 Å². The highest BCUT2D eigenvalue weighted by molar-refractivity contribution is 7.13. The Hall–Kier alpha value is -2.16. The molecule has 0 aromatic carbocycles. The van der Waals surface area contributed by atoms with Gasteiger partial charge >= 0.3 is 5.97 Å². The summed E-state index contributed by atoms with van der Waals surface area (Å²) in [6, 6.07) is -0.126. The Morgan fingerprint density at radius 2 is 2.04 bits per heavy atom. The minimum absolute atomic E-state index is 0.126. The third kappa shape index (κ3) is 6.19. The van der Waals surface area contributed by atoms with E-state index in [2.05, 4.69) is 20.6 Å². The van der Waals surface area contributed by atoms with Crippen LogP contribution in [0.2, 0.25) is 0 Å². The van der Waals surface area contributed by atoms with Crippen LogP contribution in [0.4, 0.5) is 0 Å². The molecule has 9 heteroatoms.